The van der Waals surface area contributed by atoms with E-state index in [0.29, 0.717) is 17.1 Å². The van der Waals surface area contributed by atoms with Gasteiger partial charge in [-0.1, -0.05) is 11.6 Å². The summed E-state index contributed by atoms with van der Waals surface area (Å²) in [5.74, 6) is -0.356. The number of ether oxygens (including phenoxy) is 1. The average Bonchev–Trinajstić information content (AvgIpc) is 3.08. The molecule has 0 spiro atoms. The summed E-state index contributed by atoms with van der Waals surface area (Å²) in [6.07, 6.45) is 5.37. The number of imidazole rings is 1. The molecule has 0 aliphatic rings. The average molecular weight is 307 g/mol. The normalized spacial score (nSPS) is 10.9. The van der Waals surface area contributed by atoms with Gasteiger partial charge in [0.2, 0.25) is 0 Å². The Bertz CT molecular complexity index is 765. The van der Waals surface area contributed by atoms with Crippen LogP contribution in [0.25, 0.3) is 10.1 Å². The van der Waals surface area contributed by atoms with Gasteiger partial charge in [-0.15, -0.1) is 11.3 Å². The van der Waals surface area contributed by atoms with Crippen LogP contribution in [0.2, 0.25) is 5.02 Å². The molecule has 4 nitrogen and oxygen atoms in total. The molecule has 0 N–H and O–H groups in total. The zero-order valence-corrected chi connectivity index (χ0v) is 12.2. The fourth-order valence-electron chi connectivity index (χ4n) is 2.01. The van der Waals surface area contributed by atoms with Crippen molar-refractivity contribution in [1.82, 2.24) is 9.55 Å². The van der Waals surface area contributed by atoms with E-state index in [1.807, 2.05) is 16.8 Å². The molecule has 0 aliphatic carbocycles. The van der Waals surface area contributed by atoms with E-state index in [1.165, 1.54) is 7.11 Å². The van der Waals surface area contributed by atoms with Gasteiger partial charge in [-0.25, -0.2) is 9.78 Å². The van der Waals surface area contributed by atoms with Crippen LogP contribution in [0.15, 0.2) is 36.9 Å². The summed E-state index contributed by atoms with van der Waals surface area (Å²) in [4.78, 5) is 16.6. The topological polar surface area (TPSA) is 44.1 Å². The molecule has 6 heteroatoms. The van der Waals surface area contributed by atoms with E-state index in [1.54, 1.807) is 36.0 Å². The highest BCUT2D eigenvalue weighted by Crippen LogP contribution is 2.36. The van der Waals surface area contributed by atoms with E-state index in [9.17, 15) is 4.79 Å². The minimum Gasteiger partial charge on any atom is -0.465 e. The fourth-order valence-corrected chi connectivity index (χ4v) is 3.48. The van der Waals surface area contributed by atoms with Crippen molar-refractivity contribution in [2.45, 2.75) is 6.54 Å². The van der Waals surface area contributed by atoms with Crippen LogP contribution in [0.1, 0.15) is 15.2 Å². The van der Waals surface area contributed by atoms with E-state index < -0.39 is 0 Å². The molecule has 20 heavy (non-hydrogen) atoms. The van der Waals surface area contributed by atoms with Crippen molar-refractivity contribution in [3.63, 3.8) is 0 Å². The lowest BCUT2D eigenvalue weighted by molar-refractivity contribution is 0.0601. The lowest BCUT2D eigenvalue weighted by Gasteiger charge is -2.00. The Morgan fingerprint density at radius 2 is 2.35 bits per heavy atom. The number of fused-ring (bicyclic) bond motifs is 1. The third-order valence-electron chi connectivity index (χ3n) is 3.00. The Morgan fingerprint density at radius 1 is 1.50 bits per heavy atom. The highest BCUT2D eigenvalue weighted by molar-refractivity contribution is 7.19. The monoisotopic (exact) mass is 306 g/mol. The zero-order valence-electron chi connectivity index (χ0n) is 10.7. The minimum absolute atomic E-state index is 0.356. The van der Waals surface area contributed by atoms with Gasteiger partial charge in [0.05, 0.1) is 30.6 Å². The molecule has 0 radical (unpaired) electrons. The lowest BCUT2D eigenvalue weighted by Crippen LogP contribution is -2.00. The number of methoxy groups -OCH3 is 1. The molecule has 0 saturated heterocycles. The Balaban J connectivity index is 2.03. The summed E-state index contributed by atoms with van der Waals surface area (Å²) in [5, 5.41) is 1.57. The predicted molar refractivity (Wildman–Crippen MR) is 79.5 cm³/mol. The number of benzene rings is 1. The highest BCUT2D eigenvalue weighted by atomic mass is 35.5. The van der Waals surface area contributed by atoms with Gasteiger partial charge in [0.1, 0.15) is 0 Å². The summed E-state index contributed by atoms with van der Waals surface area (Å²) < 4.78 is 7.74. The number of thiophene rings is 1. The largest absolute Gasteiger partial charge is 0.465 e. The molecule has 2 aromatic heterocycles. The Hall–Kier alpha value is -1.85. The van der Waals surface area contributed by atoms with Gasteiger partial charge in [0.25, 0.3) is 0 Å². The van der Waals surface area contributed by atoms with Crippen LogP contribution >= 0.6 is 22.9 Å². The molecule has 1 aromatic carbocycles. The first-order chi connectivity index (χ1) is 9.69. The molecule has 102 valence electrons. The van der Waals surface area contributed by atoms with Gasteiger partial charge in [-0.2, -0.15) is 0 Å². The van der Waals surface area contributed by atoms with Crippen LogP contribution in [-0.4, -0.2) is 22.6 Å². The van der Waals surface area contributed by atoms with E-state index in [0.717, 1.165) is 15.0 Å². The molecule has 0 saturated carbocycles. The smallest absolute Gasteiger partial charge is 0.337 e. The molecule has 0 aliphatic heterocycles. The van der Waals surface area contributed by atoms with Crippen LogP contribution in [0.4, 0.5) is 0 Å². The number of carbonyl (C=O) groups excluding carboxylic acids is 1. The molecule has 0 bridgehead atoms. The fraction of sp³-hybridized carbons (Fsp3) is 0.143. The number of hydrogen-bond donors (Lipinski definition) is 0. The second-order valence-electron chi connectivity index (χ2n) is 4.28. The molecule has 0 unspecified atom stereocenters. The number of hydrogen-bond acceptors (Lipinski definition) is 4. The Morgan fingerprint density at radius 3 is 3.05 bits per heavy atom. The van der Waals surface area contributed by atoms with Crippen molar-refractivity contribution >= 4 is 39.0 Å². The third-order valence-corrected chi connectivity index (χ3v) is 4.70. The second-order valence-corrected chi connectivity index (χ2v) is 5.79. The summed E-state index contributed by atoms with van der Waals surface area (Å²) in [5.41, 5.74) is 0.508. The van der Waals surface area contributed by atoms with Crippen LogP contribution in [0.5, 0.6) is 0 Å². The summed E-state index contributed by atoms with van der Waals surface area (Å²) in [6, 6.07) is 5.43. The summed E-state index contributed by atoms with van der Waals surface area (Å²) in [6.45, 7) is 0.672. The molecule has 0 atom stereocenters. The minimum atomic E-state index is -0.356. The maximum atomic E-state index is 11.6. The van der Waals surface area contributed by atoms with Crippen LogP contribution < -0.4 is 0 Å². The number of halogens is 1. The van der Waals surface area contributed by atoms with E-state index in [-0.39, 0.29) is 5.97 Å². The number of carbonyl (C=O) groups is 1. The van der Waals surface area contributed by atoms with Gasteiger partial charge >= 0.3 is 5.97 Å². The number of nitrogens with zero attached hydrogens (tertiary/aromatic N) is 2. The Kier molecular flexibility index (Phi) is 3.46. The molecular formula is C14H11ClN2O2S. The number of esters is 1. The zero-order chi connectivity index (χ0) is 14.1. The quantitative estimate of drug-likeness (QED) is 0.695. The van der Waals surface area contributed by atoms with Crippen molar-refractivity contribution < 1.29 is 9.53 Å². The van der Waals surface area contributed by atoms with Gasteiger partial charge in [0.15, 0.2) is 0 Å². The van der Waals surface area contributed by atoms with Crippen molar-refractivity contribution in [3.8, 4) is 0 Å². The SMILES string of the molecule is COC(=O)c1ccc2sc(Cn3ccnc3)c(Cl)c2c1. The third kappa shape index (κ3) is 2.30. The molecule has 2 heterocycles. The van der Waals surface area contributed by atoms with E-state index in [2.05, 4.69) is 4.98 Å². The number of aromatic nitrogens is 2. The first-order valence-electron chi connectivity index (χ1n) is 5.94. The summed E-state index contributed by atoms with van der Waals surface area (Å²) >= 11 is 8.04. The first kappa shape index (κ1) is 13.1. The Labute approximate surface area is 124 Å². The van der Waals surface area contributed by atoms with Gasteiger partial charge in [-0.05, 0) is 18.2 Å². The highest BCUT2D eigenvalue weighted by Gasteiger charge is 2.13. The molecule has 0 amide bonds. The van der Waals surface area contributed by atoms with Crippen molar-refractivity contribution in [1.29, 1.82) is 0 Å². The van der Waals surface area contributed by atoms with Gasteiger partial charge in [-0.3, -0.25) is 0 Å². The van der Waals surface area contributed by atoms with Gasteiger partial charge < -0.3 is 9.30 Å². The van der Waals surface area contributed by atoms with Crippen molar-refractivity contribution in [2.75, 3.05) is 7.11 Å². The van der Waals surface area contributed by atoms with Crippen molar-refractivity contribution in [3.05, 3.63) is 52.4 Å². The first-order valence-corrected chi connectivity index (χ1v) is 7.13. The molecule has 0 fully saturated rings. The second kappa shape index (κ2) is 5.26. The molecule has 3 aromatic rings. The maximum Gasteiger partial charge on any atom is 0.337 e. The standard InChI is InChI=1S/C14H11ClN2O2S/c1-19-14(18)9-2-3-11-10(6-9)13(15)12(20-11)7-17-5-4-16-8-17/h2-6,8H,7H2,1H3. The number of rotatable bonds is 3. The van der Waals surface area contributed by atoms with E-state index in [4.69, 9.17) is 16.3 Å². The van der Waals surface area contributed by atoms with Crippen LogP contribution in [0.3, 0.4) is 0 Å². The van der Waals surface area contributed by atoms with Gasteiger partial charge in [0, 0.05) is 27.4 Å². The summed E-state index contributed by atoms with van der Waals surface area (Å²) in [7, 11) is 1.37. The van der Waals surface area contributed by atoms with Crippen molar-refractivity contribution in [2.24, 2.45) is 0 Å². The lowest BCUT2D eigenvalue weighted by atomic mass is 10.1. The maximum absolute atomic E-state index is 11.6. The van der Waals surface area contributed by atoms with Crippen LogP contribution in [-0.2, 0) is 11.3 Å². The van der Waals surface area contributed by atoms with E-state index >= 15 is 0 Å². The predicted octanol–water partition coefficient (Wildman–Crippen LogP) is 3.59. The molecule has 3 rings (SSSR count). The molecular weight excluding hydrogens is 296 g/mol. The van der Waals surface area contributed by atoms with Crippen LogP contribution in [0, 0.1) is 0 Å².